The monoisotopic (exact) mass is 347 g/mol. The number of morpholine rings is 1. The van der Waals surface area contributed by atoms with Gasteiger partial charge in [0.1, 0.15) is 0 Å². The highest BCUT2D eigenvalue weighted by Crippen LogP contribution is 2.22. The highest BCUT2D eigenvalue weighted by Gasteiger charge is 2.35. The van der Waals surface area contributed by atoms with Gasteiger partial charge >= 0.3 is 17.6 Å². The van der Waals surface area contributed by atoms with Crippen molar-refractivity contribution < 1.29 is 18.7 Å². The van der Waals surface area contributed by atoms with Crippen LogP contribution in [0.25, 0.3) is 11.1 Å². The number of aromatic nitrogens is 1. The number of amides is 2. The Morgan fingerprint density at radius 3 is 2.72 bits per heavy atom. The number of nitrogens with one attached hydrogen (secondary N) is 1. The fourth-order valence-corrected chi connectivity index (χ4v) is 3.15. The molecule has 1 unspecified atom stereocenters. The first kappa shape index (κ1) is 17.2. The first-order valence-corrected chi connectivity index (χ1v) is 8.04. The van der Waals surface area contributed by atoms with Gasteiger partial charge in [-0.2, -0.15) is 0 Å². The van der Waals surface area contributed by atoms with Crippen LogP contribution in [0, 0.1) is 0 Å². The molecule has 1 aliphatic rings. The smallest absolute Gasteiger partial charge is 0.408 e. The Morgan fingerprint density at radius 2 is 2.04 bits per heavy atom. The zero-order valence-electron chi connectivity index (χ0n) is 14.7. The van der Waals surface area contributed by atoms with Crippen molar-refractivity contribution in [2.24, 2.45) is 7.05 Å². The number of nitrogens with zero attached hydrogens (tertiary/aromatic N) is 2. The van der Waals surface area contributed by atoms with Gasteiger partial charge in [-0.15, -0.1) is 0 Å². The van der Waals surface area contributed by atoms with E-state index in [-0.39, 0.29) is 6.10 Å². The van der Waals surface area contributed by atoms with Gasteiger partial charge in [0.05, 0.1) is 17.2 Å². The quantitative estimate of drug-likeness (QED) is 0.780. The van der Waals surface area contributed by atoms with E-state index in [2.05, 4.69) is 5.32 Å². The topological polar surface area (TPSA) is 93.8 Å². The summed E-state index contributed by atoms with van der Waals surface area (Å²) in [6.07, 6.45) is -0.143. The first-order valence-electron chi connectivity index (χ1n) is 8.04. The molecule has 1 fully saturated rings. The molecule has 0 bridgehead atoms. The number of benzene rings is 1. The molecule has 1 saturated heterocycles. The molecule has 1 aromatic carbocycles. The molecule has 25 heavy (non-hydrogen) atoms. The van der Waals surface area contributed by atoms with Crippen molar-refractivity contribution in [3.8, 4) is 0 Å². The van der Waals surface area contributed by atoms with Crippen LogP contribution in [0.2, 0.25) is 0 Å². The standard InChI is InChI=1S/C17H21N3O5/c1-10-8-20(9-17(2,3)25-10)15(22)14(21)18-11-5-6-12-13(7-11)24-16(23)19(12)4/h5-7,10H,8-9H2,1-4H3,(H,18,21). The lowest BCUT2D eigenvalue weighted by Crippen LogP contribution is -2.56. The second-order valence-corrected chi connectivity index (χ2v) is 6.94. The minimum Gasteiger partial charge on any atom is -0.408 e. The Labute approximate surface area is 144 Å². The number of hydrogen-bond acceptors (Lipinski definition) is 5. The third-order valence-electron chi connectivity index (χ3n) is 4.10. The highest BCUT2D eigenvalue weighted by molar-refractivity contribution is 6.39. The summed E-state index contributed by atoms with van der Waals surface area (Å²) in [5.41, 5.74) is 0.845. The number of ether oxygens (including phenoxy) is 1. The molecule has 3 rings (SSSR count). The van der Waals surface area contributed by atoms with Gasteiger partial charge in [0, 0.05) is 31.9 Å². The molecule has 0 spiro atoms. The van der Waals surface area contributed by atoms with Gasteiger partial charge in [-0.05, 0) is 32.9 Å². The molecule has 1 N–H and O–H groups in total. The summed E-state index contributed by atoms with van der Waals surface area (Å²) in [4.78, 5) is 37.7. The van der Waals surface area contributed by atoms with Crippen molar-refractivity contribution in [1.82, 2.24) is 9.47 Å². The number of hydrogen-bond donors (Lipinski definition) is 1. The van der Waals surface area contributed by atoms with E-state index in [4.69, 9.17) is 9.15 Å². The number of rotatable bonds is 1. The fourth-order valence-electron chi connectivity index (χ4n) is 3.15. The molecule has 0 saturated carbocycles. The van der Waals surface area contributed by atoms with Crippen LogP contribution in [0.1, 0.15) is 20.8 Å². The lowest BCUT2D eigenvalue weighted by molar-refractivity contribution is -0.161. The number of oxazole rings is 1. The van der Waals surface area contributed by atoms with E-state index >= 15 is 0 Å². The van der Waals surface area contributed by atoms with E-state index in [1.807, 2.05) is 20.8 Å². The van der Waals surface area contributed by atoms with Crippen LogP contribution in [-0.4, -0.2) is 46.1 Å². The summed E-state index contributed by atoms with van der Waals surface area (Å²) in [7, 11) is 1.59. The van der Waals surface area contributed by atoms with E-state index < -0.39 is 23.2 Å². The van der Waals surface area contributed by atoms with E-state index in [1.165, 1.54) is 15.5 Å². The molecule has 1 aliphatic heterocycles. The largest absolute Gasteiger partial charge is 0.419 e. The Bertz CT molecular complexity index is 895. The predicted octanol–water partition coefficient (Wildman–Crippen LogP) is 1.10. The summed E-state index contributed by atoms with van der Waals surface area (Å²) in [5, 5.41) is 2.56. The molecule has 0 aliphatic carbocycles. The van der Waals surface area contributed by atoms with Gasteiger partial charge in [-0.25, -0.2) is 4.79 Å². The van der Waals surface area contributed by atoms with Gasteiger partial charge in [0.15, 0.2) is 5.58 Å². The average Bonchev–Trinajstić information content (AvgIpc) is 2.78. The summed E-state index contributed by atoms with van der Waals surface area (Å²) in [6, 6.07) is 4.79. The molecule has 2 heterocycles. The van der Waals surface area contributed by atoms with Crippen molar-refractivity contribution >= 4 is 28.6 Å². The van der Waals surface area contributed by atoms with Gasteiger partial charge < -0.3 is 19.4 Å². The lowest BCUT2D eigenvalue weighted by Gasteiger charge is -2.41. The molecule has 8 nitrogen and oxygen atoms in total. The highest BCUT2D eigenvalue weighted by atomic mass is 16.5. The van der Waals surface area contributed by atoms with Crippen molar-refractivity contribution in [3.63, 3.8) is 0 Å². The molecule has 1 aromatic heterocycles. The Hall–Kier alpha value is -2.61. The van der Waals surface area contributed by atoms with Crippen LogP contribution in [0.3, 0.4) is 0 Å². The molecule has 2 aromatic rings. The number of fused-ring (bicyclic) bond motifs is 1. The summed E-state index contributed by atoms with van der Waals surface area (Å²) in [5.74, 6) is -1.83. The van der Waals surface area contributed by atoms with Gasteiger partial charge in [-0.1, -0.05) is 0 Å². The van der Waals surface area contributed by atoms with E-state index in [0.717, 1.165) is 0 Å². The Kier molecular flexibility index (Phi) is 4.16. The van der Waals surface area contributed by atoms with Crippen molar-refractivity contribution in [2.45, 2.75) is 32.5 Å². The molecular formula is C17H21N3O5. The zero-order valence-corrected chi connectivity index (χ0v) is 14.7. The Balaban J connectivity index is 1.75. The van der Waals surface area contributed by atoms with Gasteiger partial charge in [0.2, 0.25) is 0 Å². The maximum atomic E-state index is 12.4. The van der Waals surface area contributed by atoms with E-state index in [0.29, 0.717) is 29.9 Å². The van der Waals surface area contributed by atoms with E-state index in [1.54, 1.807) is 19.2 Å². The van der Waals surface area contributed by atoms with Crippen LogP contribution in [0.15, 0.2) is 27.4 Å². The molecular weight excluding hydrogens is 326 g/mol. The molecule has 8 heteroatoms. The number of carbonyl (C=O) groups is 2. The minimum atomic E-state index is -0.734. The summed E-state index contributed by atoms with van der Waals surface area (Å²) in [6.45, 7) is 6.33. The molecule has 134 valence electrons. The maximum absolute atomic E-state index is 12.4. The summed E-state index contributed by atoms with van der Waals surface area (Å²) >= 11 is 0. The van der Waals surface area contributed by atoms with Crippen LogP contribution < -0.4 is 11.1 Å². The second kappa shape index (κ2) is 6.03. The van der Waals surface area contributed by atoms with Crippen molar-refractivity contribution in [2.75, 3.05) is 18.4 Å². The van der Waals surface area contributed by atoms with Crippen LogP contribution in [-0.2, 0) is 21.4 Å². The third kappa shape index (κ3) is 3.43. The lowest BCUT2D eigenvalue weighted by atomic mass is 10.1. The average molecular weight is 347 g/mol. The third-order valence-corrected chi connectivity index (χ3v) is 4.10. The Morgan fingerprint density at radius 1 is 1.32 bits per heavy atom. The van der Waals surface area contributed by atoms with Crippen molar-refractivity contribution in [3.05, 3.63) is 28.7 Å². The number of aryl methyl sites for hydroxylation is 1. The predicted molar refractivity (Wildman–Crippen MR) is 91.3 cm³/mol. The fraction of sp³-hybridized carbons (Fsp3) is 0.471. The van der Waals surface area contributed by atoms with E-state index in [9.17, 15) is 14.4 Å². The summed E-state index contributed by atoms with van der Waals surface area (Å²) < 4.78 is 12.2. The van der Waals surface area contributed by atoms with Crippen LogP contribution in [0.4, 0.5) is 5.69 Å². The first-order chi connectivity index (χ1) is 11.7. The maximum Gasteiger partial charge on any atom is 0.419 e. The van der Waals surface area contributed by atoms with Crippen LogP contribution in [0.5, 0.6) is 0 Å². The second-order valence-electron chi connectivity index (χ2n) is 6.94. The number of carbonyl (C=O) groups excluding carboxylic acids is 2. The zero-order chi connectivity index (χ0) is 18.4. The minimum absolute atomic E-state index is 0.143. The molecule has 0 radical (unpaired) electrons. The number of anilines is 1. The van der Waals surface area contributed by atoms with Gasteiger partial charge in [0.25, 0.3) is 0 Å². The molecule has 1 atom stereocenters. The molecule has 2 amide bonds. The SMILES string of the molecule is CC1CN(C(=O)C(=O)Nc2ccc3c(c2)oc(=O)n3C)CC(C)(C)O1. The van der Waals surface area contributed by atoms with Gasteiger partial charge in [-0.3, -0.25) is 14.2 Å². The normalized spacial score (nSPS) is 19.8. The van der Waals surface area contributed by atoms with Crippen molar-refractivity contribution in [1.29, 1.82) is 0 Å². The van der Waals surface area contributed by atoms with Crippen LogP contribution >= 0.6 is 0 Å².